The van der Waals surface area contributed by atoms with Gasteiger partial charge in [-0.1, -0.05) is 33.6 Å². The van der Waals surface area contributed by atoms with Crippen molar-refractivity contribution in [3.8, 4) is 0 Å². The smallest absolute Gasteiger partial charge is 0.0459 e. The molecule has 0 aliphatic heterocycles. The van der Waals surface area contributed by atoms with Crippen LogP contribution in [0.1, 0.15) is 6.42 Å². The molecule has 0 amide bonds. The molecule has 0 aromatic heterocycles. The van der Waals surface area contributed by atoms with E-state index in [1.807, 2.05) is 12.2 Å². The van der Waals surface area contributed by atoms with Crippen molar-refractivity contribution in [3.63, 3.8) is 0 Å². The van der Waals surface area contributed by atoms with Crippen molar-refractivity contribution in [1.29, 1.82) is 0 Å². The molecule has 3 heteroatoms. The van der Waals surface area contributed by atoms with Crippen LogP contribution in [-0.4, -0.2) is 4.83 Å². The third-order valence-electron chi connectivity index (χ3n) is 1.17. The Morgan fingerprint density at radius 1 is 1.78 bits per heavy atom. The van der Waals surface area contributed by atoms with E-state index in [0.717, 1.165) is 11.5 Å². The van der Waals surface area contributed by atoms with Crippen molar-refractivity contribution in [2.75, 3.05) is 0 Å². The van der Waals surface area contributed by atoms with E-state index in [4.69, 9.17) is 17.3 Å². The first kappa shape index (κ1) is 7.16. The van der Waals surface area contributed by atoms with Crippen LogP contribution in [0.5, 0.6) is 0 Å². The molecule has 0 aromatic carbocycles. The molecular formula is C6H7BrClN. The number of hydrogen-bond acceptors (Lipinski definition) is 1. The molecule has 1 unspecified atom stereocenters. The molecule has 0 aromatic rings. The Morgan fingerprint density at radius 3 is 2.89 bits per heavy atom. The monoisotopic (exact) mass is 207 g/mol. The maximum Gasteiger partial charge on any atom is 0.0459 e. The largest absolute Gasteiger partial charge is 0.398 e. The van der Waals surface area contributed by atoms with Crippen LogP contribution in [-0.2, 0) is 0 Å². The number of allylic oxidation sites excluding steroid dienone is 3. The molecule has 9 heavy (non-hydrogen) atoms. The fourth-order valence-electron chi connectivity index (χ4n) is 0.656. The highest BCUT2D eigenvalue weighted by Gasteiger charge is 2.08. The van der Waals surface area contributed by atoms with E-state index in [1.54, 1.807) is 0 Å². The molecule has 0 saturated carbocycles. The van der Waals surface area contributed by atoms with Crippen LogP contribution in [0.2, 0.25) is 0 Å². The summed E-state index contributed by atoms with van der Waals surface area (Å²) in [5, 5.41) is 0.749. The van der Waals surface area contributed by atoms with Crippen LogP contribution >= 0.6 is 27.5 Å². The molecule has 50 valence electrons. The van der Waals surface area contributed by atoms with Crippen molar-refractivity contribution >= 4 is 27.5 Å². The lowest BCUT2D eigenvalue weighted by Gasteiger charge is -2.10. The van der Waals surface area contributed by atoms with E-state index >= 15 is 0 Å². The zero-order valence-corrected chi connectivity index (χ0v) is 7.11. The second-order valence-corrected chi connectivity index (χ2v) is 3.57. The molecule has 1 aliphatic rings. The van der Waals surface area contributed by atoms with E-state index in [0.29, 0.717) is 10.5 Å². The number of alkyl halides is 1. The first-order valence-electron chi connectivity index (χ1n) is 2.66. The van der Waals surface area contributed by atoms with Crippen LogP contribution in [0, 0.1) is 0 Å². The van der Waals surface area contributed by atoms with Gasteiger partial charge in [0.25, 0.3) is 0 Å². The summed E-state index contributed by atoms with van der Waals surface area (Å²) < 4.78 is 0. The van der Waals surface area contributed by atoms with Crippen LogP contribution < -0.4 is 5.73 Å². The fourth-order valence-corrected chi connectivity index (χ4v) is 1.55. The maximum atomic E-state index is 5.74. The normalized spacial score (nSPS) is 27.1. The summed E-state index contributed by atoms with van der Waals surface area (Å²) in [5.41, 5.74) is 6.17. The standard InChI is InChI=1S/C6H7BrClN/c7-4-1-2-6(9)5(8)3-4/h1-2,4H,3,9H2. The van der Waals surface area contributed by atoms with Crippen LogP contribution in [0.3, 0.4) is 0 Å². The van der Waals surface area contributed by atoms with E-state index < -0.39 is 0 Å². The van der Waals surface area contributed by atoms with Crippen molar-refractivity contribution in [1.82, 2.24) is 0 Å². The van der Waals surface area contributed by atoms with Gasteiger partial charge in [0.1, 0.15) is 0 Å². The summed E-state index contributed by atoms with van der Waals surface area (Å²) in [6.45, 7) is 0. The fraction of sp³-hybridized carbons (Fsp3) is 0.333. The van der Waals surface area contributed by atoms with Crippen LogP contribution in [0.4, 0.5) is 0 Å². The highest BCUT2D eigenvalue weighted by atomic mass is 79.9. The molecule has 0 fully saturated rings. The van der Waals surface area contributed by atoms with Gasteiger partial charge in [-0.3, -0.25) is 0 Å². The molecular weight excluding hydrogens is 201 g/mol. The van der Waals surface area contributed by atoms with Crippen LogP contribution in [0.25, 0.3) is 0 Å². The van der Waals surface area contributed by atoms with Gasteiger partial charge in [-0.05, 0) is 6.08 Å². The molecule has 1 nitrogen and oxygen atoms in total. The Kier molecular flexibility index (Phi) is 2.19. The molecule has 2 N–H and O–H groups in total. The van der Waals surface area contributed by atoms with Gasteiger partial charge in [-0.25, -0.2) is 0 Å². The molecule has 1 aliphatic carbocycles. The predicted octanol–water partition coefficient (Wildman–Crippen LogP) is 2.12. The minimum absolute atomic E-state index is 0.359. The van der Waals surface area contributed by atoms with Gasteiger partial charge in [-0.2, -0.15) is 0 Å². The Bertz CT molecular complexity index is 174. The third kappa shape index (κ3) is 1.73. The Morgan fingerprint density at radius 2 is 2.44 bits per heavy atom. The van der Waals surface area contributed by atoms with Gasteiger partial charge >= 0.3 is 0 Å². The summed E-state index contributed by atoms with van der Waals surface area (Å²) in [5.74, 6) is 0. The second-order valence-electron chi connectivity index (χ2n) is 1.94. The van der Waals surface area contributed by atoms with E-state index in [9.17, 15) is 0 Å². The lowest BCUT2D eigenvalue weighted by Crippen LogP contribution is -2.05. The molecule has 0 radical (unpaired) electrons. The maximum absolute atomic E-state index is 5.74. The first-order valence-corrected chi connectivity index (χ1v) is 3.96. The predicted molar refractivity (Wildman–Crippen MR) is 43.5 cm³/mol. The Balaban J connectivity index is 2.75. The van der Waals surface area contributed by atoms with E-state index in [1.165, 1.54) is 0 Å². The topological polar surface area (TPSA) is 26.0 Å². The minimum atomic E-state index is 0.359. The Hall–Kier alpha value is 0.0500. The first-order chi connectivity index (χ1) is 4.20. The highest BCUT2D eigenvalue weighted by Crippen LogP contribution is 2.23. The van der Waals surface area contributed by atoms with Crippen molar-refractivity contribution < 1.29 is 0 Å². The molecule has 0 bridgehead atoms. The van der Waals surface area contributed by atoms with Gasteiger partial charge in [0.15, 0.2) is 0 Å². The van der Waals surface area contributed by atoms with E-state index in [-0.39, 0.29) is 0 Å². The number of nitrogens with two attached hydrogens (primary N) is 1. The number of hydrogen-bond donors (Lipinski definition) is 1. The lowest BCUT2D eigenvalue weighted by atomic mass is 10.1. The average molecular weight is 208 g/mol. The summed E-state index contributed by atoms with van der Waals surface area (Å²) >= 11 is 9.13. The number of halogens is 2. The van der Waals surface area contributed by atoms with Crippen LogP contribution in [0.15, 0.2) is 22.9 Å². The Labute approximate surface area is 67.7 Å². The number of rotatable bonds is 0. The van der Waals surface area contributed by atoms with Gasteiger partial charge < -0.3 is 5.73 Å². The lowest BCUT2D eigenvalue weighted by molar-refractivity contribution is 1.02. The summed E-state index contributed by atoms with van der Waals surface area (Å²) in [6, 6.07) is 0. The van der Waals surface area contributed by atoms with Crippen molar-refractivity contribution in [2.24, 2.45) is 5.73 Å². The van der Waals surface area contributed by atoms with Gasteiger partial charge in [0.2, 0.25) is 0 Å². The highest BCUT2D eigenvalue weighted by molar-refractivity contribution is 9.09. The second kappa shape index (κ2) is 2.76. The third-order valence-corrected chi connectivity index (χ3v) is 2.17. The summed E-state index contributed by atoms with van der Waals surface area (Å²) in [6.07, 6.45) is 4.62. The minimum Gasteiger partial charge on any atom is -0.398 e. The zero-order valence-electron chi connectivity index (χ0n) is 4.77. The zero-order chi connectivity index (χ0) is 6.85. The van der Waals surface area contributed by atoms with Gasteiger partial charge in [-0.15, -0.1) is 0 Å². The molecule has 0 saturated heterocycles. The van der Waals surface area contributed by atoms with Crippen molar-refractivity contribution in [3.05, 3.63) is 22.9 Å². The average Bonchev–Trinajstić information content (AvgIpc) is 1.80. The molecule has 0 spiro atoms. The molecule has 1 rings (SSSR count). The summed E-state index contributed by atoms with van der Waals surface area (Å²) in [4.78, 5) is 0.359. The van der Waals surface area contributed by atoms with E-state index in [2.05, 4.69) is 15.9 Å². The van der Waals surface area contributed by atoms with Gasteiger partial charge in [0, 0.05) is 22.0 Å². The molecule has 0 heterocycles. The van der Waals surface area contributed by atoms with Gasteiger partial charge in [0.05, 0.1) is 0 Å². The van der Waals surface area contributed by atoms with Crippen molar-refractivity contribution in [2.45, 2.75) is 11.2 Å². The quantitative estimate of drug-likeness (QED) is 0.606. The molecule has 1 atom stereocenters. The SMILES string of the molecule is NC1=C(Cl)CC(Br)C=C1. The summed E-state index contributed by atoms with van der Waals surface area (Å²) in [7, 11) is 0.